The fourth-order valence-electron chi connectivity index (χ4n) is 3.67. The van der Waals surface area contributed by atoms with Gasteiger partial charge in [-0.25, -0.2) is 13.4 Å². The van der Waals surface area contributed by atoms with Crippen molar-refractivity contribution < 1.29 is 13.2 Å². The number of hydrogen-bond acceptors (Lipinski definition) is 4. The molecule has 1 amide bonds. The van der Waals surface area contributed by atoms with Gasteiger partial charge in [-0.1, -0.05) is 19.3 Å². The molecule has 7 nitrogen and oxygen atoms in total. The summed E-state index contributed by atoms with van der Waals surface area (Å²) in [5, 5.41) is 0.115. The molecule has 8 heteroatoms. The molecule has 3 rings (SSSR count). The van der Waals surface area contributed by atoms with E-state index in [-0.39, 0.29) is 10.9 Å². The zero-order valence-electron chi connectivity index (χ0n) is 14.0. The number of imidazole rings is 1. The second-order valence-electron chi connectivity index (χ2n) is 6.76. The van der Waals surface area contributed by atoms with E-state index in [1.807, 2.05) is 4.90 Å². The van der Waals surface area contributed by atoms with Gasteiger partial charge in [0.15, 0.2) is 5.03 Å². The van der Waals surface area contributed by atoms with Crippen LogP contribution in [0, 0.1) is 5.92 Å². The Hall–Kier alpha value is -1.41. The van der Waals surface area contributed by atoms with Crippen LogP contribution in [0.2, 0.25) is 0 Å². The van der Waals surface area contributed by atoms with E-state index in [9.17, 15) is 13.2 Å². The van der Waals surface area contributed by atoms with Crippen LogP contribution in [0.5, 0.6) is 0 Å². The van der Waals surface area contributed by atoms with E-state index in [1.165, 1.54) is 36.1 Å². The van der Waals surface area contributed by atoms with Gasteiger partial charge in [-0.15, -0.1) is 0 Å². The Labute approximate surface area is 143 Å². The Balaban J connectivity index is 1.57. The van der Waals surface area contributed by atoms with Gasteiger partial charge in [0, 0.05) is 32.6 Å². The van der Waals surface area contributed by atoms with Gasteiger partial charge in [-0.2, -0.15) is 4.31 Å². The number of amides is 1. The first-order valence-corrected chi connectivity index (χ1v) is 10.3. The van der Waals surface area contributed by atoms with Crippen molar-refractivity contribution >= 4 is 15.9 Å². The van der Waals surface area contributed by atoms with Crippen molar-refractivity contribution in [3.05, 3.63) is 12.5 Å². The fourth-order valence-corrected chi connectivity index (χ4v) is 5.04. The molecule has 2 aliphatic rings. The Bertz CT molecular complexity index is 638. The van der Waals surface area contributed by atoms with Gasteiger partial charge in [0.2, 0.25) is 5.91 Å². The first kappa shape index (κ1) is 17.4. The van der Waals surface area contributed by atoms with Crippen LogP contribution in [0.3, 0.4) is 0 Å². The van der Waals surface area contributed by atoms with Crippen LogP contribution < -0.4 is 0 Å². The lowest BCUT2D eigenvalue weighted by atomic mass is 9.86. The average molecular weight is 354 g/mol. The predicted molar refractivity (Wildman–Crippen MR) is 89.7 cm³/mol. The average Bonchev–Trinajstić information content (AvgIpc) is 3.00. The highest BCUT2D eigenvalue weighted by atomic mass is 32.2. The van der Waals surface area contributed by atoms with Gasteiger partial charge in [-0.05, 0) is 25.2 Å². The first-order valence-electron chi connectivity index (χ1n) is 8.83. The number of nitrogens with zero attached hydrogens (tertiary/aromatic N) is 3. The molecule has 1 aliphatic heterocycles. The summed E-state index contributed by atoms with van der Waals surface area (Å²) in [6, 6.07) is 0. The Kier molecular flexibility index (Phi) is 5.55. The Morgan fingerprint density at radius 3 is 2.62 bits per heavy atom. The van der Waals surface area contributed by atoms with Crippen LogP contribution in [-0.4, -0.2) is 59.7 Å². The third-order valence-corrected chi connectivity index (χ3v) is 6.91. The predicted octanol–water partition coefficient (Wildman–Crippen LogP) is 1.60. The van der Waals surface area contributed by atoms with Gasteiger partial charge >= 0.3 is 0 Å². The second kappa shape index (κ2) is 7.65. The molecule has 1 saturated heterocycles. The van der Waals surface area contributed by atoms with Crippen molar-refractivity contribution in [1.29, 1.82) is 0 Å². The molecule has 2 fully saturated rings. The third-order valence-electron chi connectivity index (χ3n) is 5.09. The highest BCUT2D eigenvalue weighted by molar-refractivity contribution is 7.89. The van der Waals surface area contributed by atoms with Crippen LogP contribution in [0.15, 0.2) is 17.6 Å². The van der Waals surface area contributed by atoms with Crippen LogP contribution in [0.25, 0.3) is 0 Å². The smallest absolute Gasteiger partial charge is 0.260 e. The summed E-state index contributed by atoms with van der Waals surface area (Å²) in [5.74, 6) is 0.696. The summed E-state index contributed by atoms with van der Waals surface area (Å²) in [4.78, 5) is 20.8. The zero-order chi connectivity index (χ0) is 17.0. The van der Waals surface area contributed by atoms with E-state index in [0.29, 0.717) is 44.9 Å². The molecular weight excluding hydrogens is 328 g/mol. The number of sulfonamides is 1. The number of carbonyl (C=O) groups is 1. The van der Waals surface area contributed by atoms with E-state index in [2.05, 4.69) is 9.97 Å². The standard InChI is InChI=1S/C16H26N4O3S/c21-16(11-14-5-2-1-3-6-14)19-7-4-8-20(10-9-19)24(22,23)15-12-17-13-18-15/h12-14H,1-11H2,(H,17,18). The minimum absolute atomic E-state index is 0.115. The van der Waals surface area contributed by atoms with E-state index >= 15 is 0 Å². The van der Waals surface area contributed by atoms with Crippen LogP contribution in [0.1, 0.15) is 44.9 Å². The Morgan fingerprint density at radius 2 is 1.92 bits per heavy atom. The highest BCUT2D eigenvalue weighted by Gasteiger charge is 2.29. The monoisotopic (exact) mass is 354 g/mol. The van der Waals surface area contributed by atoms with Crippen molar-refractivity contribution in [3.63, 3.8) is 0 Å². The number of rotatable bonds is 4. The fraction of sp³-hybridized carbons (Fsp3) is 0.750. The van der Waals surface area contributed by atoms with Gasteiger partial charge < -0.3 is 9.88 Å². The van der Waals surface area contributed by atoms with E-state index < -0.39 is 10.0 Å². The molecule has 134 valence electrons. The Morgan fingerprint density at radius 1 is 1.12 bits per heavy atom. The number of hydrogen-bond donors (Lipinski definition) is 1. The molecule has 1 N–H and O–H groups in total. The van der Waals surface area contributed by atoms with Crippen LogP contribution >= 0.6 is 0 Å². The number of H-pyrrole nitrogens is 1. The maximum atomic E-state index is 12.5. The van der Waals surface area contributed by atoms with E-state index in [1.54, 1.807) is 0 Å². The minimum atomic E-state index is -3.54. The van der Waals surface area contributed by atoms with Crippen LogP contribution in [0.4, 0.5) is 0 Å². The number of aromatic amines is 1. The van der Waals surface area contributed by atoms with Gasteiger partial charge in [-0.3, -0.25) is 4.79 Å². The largest absolute Gasteiger partial charge is 0.341 e. The highest BCUT2D eigenvalue weighted by Crippen LogP contribution is 2.27. The molecule has 1 aromatic heterocycles. The molecule has 24 heavy (non-hydrogen) atoms. The number of carbonyl (C=O) groups excluding carboxylic acids is 1. The molecular formula is C16H26N4O3S. The van der Waals surface area contributed by atoms with E-state index in [0.717, 1.165) is 12.8 Å². The summed E-state index contributed by atoms with van der Waals surface area (Å²) < 4.78 is 26.5. The zero-order valence-corrected chi connectivity index (χ0v) is 14.8. The summed E-state index contributed by atoms with van der Waals surface area (Å²) >= 11 is 0. The molecule has 2 heterocycles. The summed E-state index contributed by atoms with van der Waals surface area (Å²) in [6.07, 6.45) is 10.0. The molecule has 0 spiro atoms. The molecule has 1 aliphatic carbocycles. The lowest BCUT2D eigenvalue weighted by Gasteiger charge is -2.26. The van der Waals surface area contributed by atoms with Crippen molar-refractivity contribution in [2.24, 2.45) is 5.92 Å². The summed E-state index contributed by atoms with van der Waals surface area (Å²) in [5.41, 5.74) is 0. The number of nitrogens with one attached hydrogen (secondary N) is 1. The lowest BCUT2D eigenvalue weighted by Crippen LogP contribution is -2.38. The lowest BCUT2D eigenvalue weighted by molar-refractivity contribution is -0.132. The molecule has 1 aromatic rings. The normalized spacial score (nSPS) is 21.6. The second-order valence-corrected chi connectivity index (χ2v) is 8.67. The van der Waals surface area contributed by atoms with E-state index in [4.69, 9.17) is 0 Å². The summed E-state index contributed by atoms with van der Waals surface area (Å²) in [6.45, 7) is 1.89. The molecule has 0 unspecified atom stereocenters. The van der Waals surface area contributed by atoms with Crippen molar-refractivity contribution in [3.8, 4) is 0 Å². The summed E-state index contributed by atoms with van der Waals surface area (Å²) in [7, 11) is -3.54. The van der Waals surface area contributed by atoms with Crippen molar-refractivity contribution in [2.75, 3.05) is 26.2 Å². The van der Waals surface area contributed by atoms with Gasteiger partial charge in [0.25, 0.3) is 10.0 Å². The molecule has 0 atom stereocenters. The van der Waals surface area contributed by atoms with Crippen LogP contribution in [-0.2, 0) is 14.8 Å². The maximum absolute atomic E-state index is 12.5. The van der Waals surface area contributed by atoms with Crippen molar-refractivity contribution in [1.82, 2.24) is 19.2 Å². The quantitative estimate of drug-likeness (QED) is 0.890. The molecule has 0 aromatic carbocycles. The van der Waals surface area contributed by atoms with Gasteiger partial charge in [0.1, 0.15) is 0 Å². The topological polar surface area (TPSA) is 86.4 Å². The maximum Gasteiger partial charge on any atom is 0.260 e. The molecule has 0 bridgehead atoms. The number of aromatic nitrogens is 2. The van der Waals surface area contributed by atoms with Gasteiger partial charge in [0.05, 0.1) is 12.5 Å². The first-order chi connectivity index (χ1) is 11.6. The third kappa shape index (κ3) is 3.97. The SMILES string of the molecule is O=C(CC1CCCCC1)N1CCCN(S(=O)(=O)c2cnc[nH]2)CC1. The van der Waals surface area contributed by atoms with Crippen molar-refractivity contribution in [2.45, 2.75) is 50.0 Å². The minimum Gasteiger partial charge on any atom is -0.341 e. The molecule has 0 radical (unpaired) electrons. The molecule has 1 saturated carbocycles.